The summed E-state index contributed by atoms with van der Waals surface area (Å²) in [6, 6.07) is 8.74. The summed E-state index contributed by atoms with van der Waals surface area (Å²) < 4.78 is 36.8. The minimum Gasteiger partial charge on any atom is -0.322 e. The lowest BCUT2D eigenvalue weighted by Gasteiger charge is -2.08. The Labute approximate surface area is 117 Å². The number of aromatic nitrogens is 1. The average Bonchev–Trinajstić information content (AvgIpc) is 2.38. The molecule has 0 spiro atoms. The van der Waals surface area contributed by atoms with Gasteiger partial charge in [0.15, 0.2) is 0 Å². The Kier molecular flexibility index (Phi) is 4.29. The third kappa shape index (κ3) is 4.27. The zero-order valence-electron chi connectivity index (χ0n) is 10.0. The highest BCUT2D eigenvalue weighted by molar-refractivity contribution is 8.00. The molecule has 0 aliphatic heterocycles. The second-order valence-corrected chi connectivity index (χ2v) is 4.91. The molecular weight excluding hydrogens is 289 g/mol. The van der Waals surface area contributed by atoms with E-state index in [-0.39, 0.29) is 16.7 Å². The molecule has 0 saturated carbocycles. The van der Waals surface area contributed by atoms with Crippen LogP contribution in [0.25, 0.3) is 0 Å². The van der Waals surface area contributed by atoms with Crippen molar-refractivity contribution in [3.05, 3.63) is 54.4 Å². The summed E-state index contributed by atoms with van der Waals surface area (Å²) in [5.41, 5.74) is -3.72. The van der Waals surface area contributed by atoms with E-state index >= 15 is 0 Å². The predicted octanol–water partition coefficient (Wildman–Crippen LogP) is 3.95. The van der Waals surface area contributed by atoms with Gasteiger partial charge in [-0.1, -0.05) is 6.07 Å². The number of nitrogens with one attached hydrogen (secondary N) is 1. The van der Waals surface area contributed by atoms with Gasteiger partial charge in [0.1, 0.15) is 0 Å². The molecule has 0 aliphatic rings. The van der Waals surface area contributed by atoms with Crippen molar-refractivity contribution >= 4 is 23.4 Å². The predicted molar refractivity (Wildman–Crippen MR) is 70.5 cm³/mol. The average molecular weight is 298 g/mol. The second kappa shape index (κ2) is 5.96. The van der Waals surface area contributed by atoms with Gasteiger partial charge in [-0.05, 0) is 42.1 Å². The topological polar surface area (TPSA) is 42.0 Å². The van der Waals surface area contributed by atoms with Crippen molar-refractivity contribution < 1.29 is 18.0 Å². The molecule has 2 rings (SSSR count). The summed E-state index contributed by atoms with van der Waals surface area (Å²) in [6.07, 6.45) is 2.90. The molecule has 1 aromatic carbocycles. The number of thioether (sulfide) groups is 1. The summed E-state index contributed by atoms with van der Waals surface area (Å²) in [7, 11) is 0. The fourth-order valence-corrected chi connectivity index (χ4v) is 2.07. The van der Waals surface area contributed by atoms with E-state index in [1.807, 2.05) is 0 Å². The van der Waals surface area contributed by atoms with E-state index in [4.69, 9.17) is 0 Å². The molecule has 0 radical (unpaired) electrons. The van der Waals surface area contributed by atoms with Gasteiger partial charge in [0.05, 0.1) is 5.56 Å². The van der Waals surface area contributed by atoms with Crippen LogP contribution in [0.15, 0.2) is 53.7 Å². The molecule has 1 aromatic heterocycles. The van der Waals surface area contributed by atoms with Gasteiger partial charge >= 0.3 is 5.51 Å². The van der Waals surface area contributed by atoms with E-state index in [1.165, 1.54) is 36.7 Å². The molecular formula is C13H9F3N2OS. The molecule has 0 unspecified atom stereocenters. The lowest BCUT2D eigenvalue weighted by atomic mass is 10.2. The number of pyridine rings is 1. The first-order valence-electron chi connectivity index (χ1n) is 5.51. The van der Waals surface area contributed by atoms with Crippen LogP contribution in [0.5, 0.6) is 0 Å². The molecule has 3 nitrogen and oxygen atoms in total. The van der Waals surface area contributed by atoms with E-state index in [0.29, 0.717) is 11.3 Å². The van der Waals surface area contributed by atoms with Crippen LogP contribution in [-0.2, 0) is 0 Å². The first kappa shape index (κ1) is 14.4. The fourth-order valence-electron chi connectivity index (χ4n) is 1.47. The Hall–Kier alpha value is -2.02. The minimum absolute atomic E-state index is 0.0153. The van der Waals surface area contributed by atoms with Crippen molar-refractivity contribution in [1.82, 2.24) is 4.98 Å². The van der Waals surface area contributed by atoms with Crippen LogP contribution in [0.1, 0.15) is 10.4 Å². The number of alkyl halides is 3. The molecule has 0 fully saturated rings. The number of hydrogen-bond acceptors (Lipinski definition) is 3. The molecule has 1 heterocycles. The SMILES string of the molecule is O=C(Nc1cccc(SC(F)(F)F)c1)c1cccnc1. The number of carbonyl (C=O) groups excluding carboxylic acids is 1. The maximum absolute atomic E-state index is 12.3. The van der Waals surface area contributed by atoms with E-state index in [2.05, 4.69) is 10.3 Å². The van der Waals surface area contributed by atoms with Gasteiger partial charge in [0.2, 0.25) is 0 Å². The van der Waals surface area contributed by atoms with Crippen molar-refractivity contribution in [2.75, 3.05) is 5.32 Å². The van der Waals surface area contributed by atoms with Crippen LogP contribution in [0.3, 0.4) is 0 Å². The Bertz CT molecular complexity index is 602. The van der Waals surface area contributed by atoms with Gasteiger partial charge in [-0.3, -0.25) is 9.78 Å². The smallest absolute Gasteiger partial charge is 0.322 e. The Balaban J connectivity index is 2.10. The molecule has 104 valence electrons. The molecule has 0 saturated heterocycles. The Morgan fingerprint density at radius 2 is 2.00 bits per heavy atom. The Morgan fingerprint density at radius 1 is 1.20 bits per heavy atom. The van der Waals surface area contributed by atoms with Gasteiger partial charge in [0.25, 0.3) is 5.91 Å². The molecule has 20 heavy (non-hydrogen) atoms. The summed E-state index contributed by atoms with van der Waals surface area (Å²) in [4.78, 5) is 15.6. The summed E-state index contributed by atoms with van der Waals surface area (Å²) in [6.45, 7) is 0. The van der Waals surface area contributed by atoms with Crippen LogP contribution in [0.4, 0.5) is 18.9 Å². The summed E-state index contributed by atoms with van der Waals surface area (Å²) in [5, 5.41) is 2.52. The number of rotatable bonds is 3. The first-order chi connectivity index (χ1) is 9.44. The van der Waals surface area contributed by atoms with E-state index < -0.39 is 11.4 Å². The third-order valence-corrected chi connectivity index (χ3v) is 2.97. The monoisotopic (exact) mass is 298 g/mol. The van der Waals surface area contributed by atoms with E-state index in [9.17, 15) is 18.0 Å². The van der Waals surface area contributed by atoms with Crippen LogP contribution in [-0.4, -0.2) is 16.4 Å². The Morgan fingerprint density at radius 3 is 2.65 bits per heavy atom. The zero-order valence-corrected chi connectivity index (χ0v) is 10.8. The summed E-state index contributed by atoms with van der Waals surface area (Å²) >= 11 is -0.226. The van der Waals surface area contributed by atoms with Crippen molar-refractivity contribution in [2.45, 2.75) is 10.4 Å². The van der Waals surface area contributed by atoms with Crippen molar-refractivity contribution in [1.29, 1.82) is 0 Å². The van der Waals surface area contributed by atoms with Gasteiger partial charge in [-0.25, -0.2) is 0 Å². The highest BCUT2D eigenvalue weighted by atomic mass is 32.2. The number of benzene rings is 1. The van der Waals surface area contributed by atoms with Crippen molar-refractivity contribution in [3.63, 3.8) is 0 Å². The van der Waals surface area contributed by atoms with Crippen LogP contribution in [0.2, 0.25) is 0 Å². The maximum Gasteiger partial charge on any atom is 0.446 e. The van der Waals surface area contributed by atoms with Crippen molar-refractivity contribution in [2.24, 2.45) is 0 Å². The summed E-state index contributed by atoms with van der Waals surface area (Å²) in [5.74, 6) is -0.424. The van der Waals surface area contributed by atoms with E-state index in [0.717, 1.165) is 0 Å². The van der Waals surface area contributed by atoms with Gasteiger partial charge in [-0.2, -0.15) is 13.2 Å². The molecule has 0 atom stereocenters. The molecule has 7 heteroatoms. The number of halogens is 3. The van der Waals surface area contributed by atoms with Crippen molar-refractivity contribution in [3.8, 4) is 0 Å². The zero-order chi connectivity index (χ0) is 14.6. The molecule has 2 aromatic rings. The normalized spacial score (nSPS) is 11.2. The standard InChI is InChI=1S/C13H9F3N2OS/c14-13(15,16)20-11-5-1-4-10(7-11)18-12(19)9-3-2-6-17-8-9/h1-8H,(H,18,19). The largest absolute Gasteiger partial charge is 0.446 e. The maximum atomic E-state index is 12.3. The van der Waals surface area contributed by atoms with Crippen LogP contribution < -0.4 is 5.32 Å². The van der Waals surface area contributed by atoms with Gasteiger partial charge < -0.3 is 5.32 Å². The lowest BCUT2D eigenvalue weighted by Crippen LogP contribution is -2.12. The number of anilines is 1. The molecule has 0 bridgehead atoms. The number of nitrogens with zero attached hydrogens (tertiary/aromatic N) is 1. The third-order valence-electron chi connectivity index (χ3n) is 2.25. The highest BCUT2D eigenvalue weighted by Gasteiger charge is 2.29. The molecule has 0 aliphatic carbocycles. The molecule has 1 N–H and O–H groups in total. The quantitative estimate of drug-likeness (QED) is 0.873. The minimum atomic E-state index is -4.36. The van der Waals surface area contributed by atoms with Gasteiger partial charge in [0, 0.05) is 23.0 Å². The number of amides is 1. The second-order valence-electron chi connectivity index (χ2n) is 3.77. The van der Waals surface area contributed by atoms with E-state index in [1.54, 1.807) is 12.1 Å². The number of hydrogen-bond donors (Lipinski definition) is 1. The number of carbonyl (C=O) groups is 1. The molecule has 1 amide bonds. The highest BCUT2D eigenvalue weighted by Crippen LogP contribution is 2.37. The first-order valence-corrected chi connectivity index (χ1v) is 6.33. The van der Waals surface area contributed by atoms with Gasteiger partial charge in [-0.15, -0.1) is 0 Å². The lowest BCUT2D eigenvalue weighted by molar-refractivity contribution is -0.0328. The van der Waals surface area contributed by atoms with Crippen LogP contribution in [0, 0.1) is 0 Å². The van der Waals surface area contributed by atoms with Crippen LogP contribution >= 0.6 is 11.8 Å². The fraction of sp³-hybridized carbons (Fsp3) is 0.0769.